The molecule has 0 unspecified atom stereocenters. The predicted molar refractivity (Wildman–Crippen MR) is 498 cm³/mol. The Morgan fingerprint density at radius 2 is 0.906 bits per heavy atom. The number of unbranched alkanes of at least 4 members (excludes halogenated alkanes) is 4. The van der Waals surface area contributed by atoms with Crippen molar-refractivity contribution >= 4 is 132 Å². The largest absolute Gasteiger partial charge is 0.524 e. The Bertz CT molecular complexity index is 4410. The third kappa shape index (κ3) is 48.4. The van der Waals surface area contributed by atoms with Gasteiger partial charge in [-0.1, -0.05) is 71.2 Å². The number of fused-ring (bicyclic) bond motifs is 1. The minimum absolute atomic E-state index is 0.00309. The topological polar surface area (TPSA) is 811 Å². The average molecular weight is 1990 g/mol. The van der Waals surface area contributed by atoms with Gasteiger partial charge in [0.15, 0.2) is 0 Å². The van der Waals surface area contributed by atoms with E-state index < -0.39 is 238 Å². The fourth-order valence-electron chi connectivity index (χ4n) is 14.1. The molecule has 2 saturated heterocycles. The Labute approximate surface area is 803 Å². The fraction of sp³-hybridized carbons (Fsp3) is 0.640. The summed E-state index contributed by atoms with van der Waals surface area (Å²) >= 11 is 1.86. The Morgan fingerprint density at radius 1 is 0.457 bits per heavy atom. The molecule has 0 aromatic heterocycles. The third-order valence-corrected chi connectivity index (χ3v) is 23.6. The first-order valence-electron chi connectivity index (χ1n) is 45.7. The minimum Gasteiger partial charge on any atom is -0.508 e. The number of carbonyl (C=O) groups is 19. The van der Waals surface area contributed by atoms with E-state index in [9.17, 15) is 111 Å². The van der Waals surface area contributed by atoms with Crippen LogP contribution in [0.5, 0.6) is 11.5 Å². The number of benzene rings is 2. The van der Waals surface area contributed by atoms with Gasteiger partial charge in [0, 0.05) is 62.7 Å². The van der Waals surface area contributed by atoms with Gasteiger partial charge in [-0.05, 0) is 131 Å². The lowest BCUT2D eigenvalue weighted by molar-refractivity contribution is -0.137. The molecule has 2 aliphatic heterocycles. The minimum atomic E-state index is -5.08. The van der Waals surface area contributed by atoms with E-state index in [2.05, 4.69) is 84.3 Å². The summed E-state index contributed by atoms with van der Waals surface area (Å²) in [5, 5.41) is 49.2. The van der Waals surface area contributed by atoms with E-state index >= 15 is 0 Å². The van der Waals surface area contributed by atoms with Crippen molar-refractivity contribution in [1.29, 1.82) is 0 Å². The van der Waals surface area contributed by atoms with Gasteiger partial charge in [0.25, 0.3) is 0 Å². The second-order valence-corrected chi connectivity index (χ2v) is 36.2. The first-order chi connectivity index (χ1) is 65.3. The number of aromatic hydroxyl groups is 1. The standard InChI is InChI=1S/C86H139N22O28PS/c1-6-49(4)73(107-77(119)50(5)88)85(127)100-57(15-10-12-30-87)78(120)102-60(42-52-20-24-54(25-21-52)136-137(129,130)131)81(123)99-58(26-28-66(89)110)79(121)104-63(44-68(91)112)84(126)103-61(41-51-18-22-53(109)23-19-51)82(124)101-59(40-48(2)3)80(122)105-62(43-67(90)111)83(125)98-56(76(93)118)27-29-70(114)95-32-34-132-36-38-134-45-71(115)96-33-35-133-37-39-135-46-72(116)97-55(75(92)117)14-11-13-31-94-69(113)17-9-7-8-16-65-74-64(47-138-65)106-86(128)108-74/h18-25,48-50,55-65,73-74,109H,6-17,26-47,87-88H2,1-5H3,(H2,89,110)(H2,90,111)(H2,91,112)(H2,92,117)(H2,93,118)(H,94,113)(H,95,114)(H,96,115)(H,97,116)(H,98,125)(H,99,123)(H,100,127)(H,101,124)(H,102,120)(H,103,126)(H,104,121)(H,105,122)(H,107,119)(H2,106,108,128)(H2,129,130,131)/t49-,50-,55-,56-,57-,58-,59-,60-,61-,62-,63-,64-,65-,73-,74-/m0/s1. The molecule has 4 rings (SSSR count). The molecule has 2 heterocycles. The zero-order chi connectivity index (χ0) is 103. The number of phosphoric acid groups is 1. The predicted octanol–water partition coefficient (Wildman–Crippen LogP) is -6.47. The quantitative estimate of drug-likeness (QED) is 0.0166. The van der Waals surface area contributed by atoms with Crippen molar-refractivity contribution < 1.29 is 134 Å². The lowest BCUT2D eigenvalue weighted by atomic mass is 9.97. The Balaban J connectivity index is 1.30. The number of carbonyl (C=O) groups excluding carboxylic acids is 19. The van der Waals surface area contributed by atoms with E-state index in [0.717, 1.165) is 43.6 Å². The molecule has 0 saturated carbocycles. The van der Waals surface area contributed by atoms with Gasteiger partial charge < -0.3 is 148 Å². The van der Waals surface area contributed by atoms with Crippen molar-refractivity contribution in [3.05, 3.63) is 59.7 Å². The number of nitrogens with two attached hydrogens (primary N) is 7. The number of hydrogen-bond donors (Lipinski definition) is 25. The number of thioether (sulfide) groups is 1. The van der Waals surface area contributed by atoms with Gasteiger partial charge in [0.1, 0.15) is 85.1 Å². The summed E-state index contributed by atoms with van der Waals surface area (Å²) in [6, 6.07) is -7.05. The van der Waals surface area contributed by atoms with Crippen LogP contribution in [-0.2, 0) is 123 Å². The van der Waals surface area contributed by atoms with Crippen LogP contribution >= 0.6 is 19.6 Å². The highest BCUT2D eigenvalue weighted by Crippen LogP contribution is 2.38. The first-order valence-corrected chi connectivity index (χ1v) is 48.3. The van der Waals surface area contributed by atoms with Crippen LogP contribution in [0.3, 0.4) is 0 Å². The maximum atomic E-state index is 14.8. The zero-order valence-corrected chi connectivity index (χ0v) is 80.1. The Kier molecular flexibility index (Phi) is 54.5. The van der Waals surface area contributed by atoms with Crippen LogP contribution < -0.4 is 124 Å². The van der Waals surface area contributed by atoms with E-state index in [1.165, 1.54) is 43.3 Å². The van der Waals surface area contributed by atoms with Crippen molar-refractivity contribution in [2.45, 2.75) is 253 Å². The number of phenols is 1. The number of hydrogen-bond acceptors (Lipinski definition) is 29. The fourth-order valence-corrected chi connectivity index (χ4v) is 16.0. The van der Waals surface area contributed by atoms with Crippen LogP contribution in [0.15, 0.2) is 48.5 Å². The highest BCUT2D eigenvalue weighted by molar-refractivity contribution is 8.00. The van der Waals surface area contributed by atoms with E-state index in [1.807, 2.05) is 11.8 Å². The first kappa shape index (κ1) is 118. The van der Waals surface area contributed by atoms with Crippen molar-refractivity contribution in [1.82, 2.24) is 79.8 Å². The highest BCUT2D eigenvalue weighted by Gasteiger charge is 2.43. The average Bonchev–Trinajstić information content (AvgIpc) is 1.66. The number of nitrogens with one attached hydrogen (secondary N) is 15. The molecular formula is C86H139N22O28PS. The van der Waals surface area contributed by atoms with Crippen LogP contribution in [0.25, 0.3) is 0 Å². The van der Waals surface area contributed by atoms with Crippen LogP contribution in [0.1, 0.15) is 168 Å². The summed E-state index contributed by atoms with van der Waals surface area (Å²) < 4.78 is 37.9. The molecule has 32 N–H and O–H groups in total. The molecule has 2 aromatic carbocycles. The maximum Gasteiger partial charge on any atom is 0.524 e. The number of amides is 20. The molecule has 0 aliphatic carbocycles. The SMILES string of the molecule is CC[C@H](C)[C@H](NC(=O)[C@H](C)N)C(=O)N[C@@H](CCCCN)C(=O)N[C@@H](Cc1ccc(OP(=O)(O)O)cc1)C(=O)N[C@@H](CCC(N)=O)C(=O)N[C@@H](CC(N)=O)C(=O)N[C@@H](Cc1ccc(O)cc1)C(=O)N[C@@H](CC(C)C)C(=O)N[C@@H](CC(N)=O)C(=O)N[C@@H](CCC(=O)NCCOCCOCC(=O)NCCOCCOCC(=O)N[C@@H](CCCCNC(=O)CCCCC[C@@H]1SC[C@@H]2NC(=O)N[C@@H]21)C(N)=O)C(N)=O. The molecule has 20 amide bonds. The van der Waals surface area contributed by atoms with Gasteiger partial charge in [0.2, 0.25) is 106 Å². The number of rotatable bonds is 72. The molecule has 2 aliphatic rings. The number of primary amides is 5. The molecule has 0 radical (unpaired) electrons. The van der Waals surface area contributed by atoms with Gasteiger partial charge in [-0.3, -0.25) is 96.1 Å². The summed E-state index contributed by atoms with van der Waals surface area (Å²) in [5.41, 5.74) is 39.8. The van der Waals surface area contributed by atoms with Crippen molar-refractivity contribution in [3.63, 3.8) is 0 Å². The summed E-state index contributed by atoms with van der Waals surface area (Å²) in [6.07, 6.45) is 1.00. The number of urea groups is 1. The monoisotopic (exact) mass is 1990 g/mol. The van der Waals surface area contributed by atoms with Crippen molar-refractivity contribution in [2.24, 2.45) is 52.0 Å². The van der Waals surface area contributed by atoms with E-state index in [1.54, 1.807) is 27.7 Å². The molecule has 138 heavy (non-hydrogen) atoms. The molecule has 772 valence electrons. The van der Waals surface area contributed by atoms with Crippen molar-refractivity contribution in [3.8, 4) is 11.5 Å². The van der Waals surface area contributed by atoms with Gasteiger partial charge in [-0.15, -0.1) is 0 Å². The Morgan fingerprint density at radius 3 is 1.43 bits per heavy atom. The van der Waals surface area contributed by atoms with Gasteiger partial charge in [-0.25, -0.2) is 9.36 Å². The lowest BCUT2D eigenvalue weighted by Gasteiger charge is -2.29. The van der Waals surface area contributed by atoms with Crippen LogP contribution in [0.2, 0.25) is 0 Å². The smallest absolute Gasteiger partial charge is 0.508 e. The molecule has 2 fully saturated rings. The molecule has 50 nitrogen and oxygen atoms in total. The third-order valence-electron chi connectivity index (χ3n) is 21.7. The number of phosphoric ester groups is 1. The highest BCUT2D eigenvalue weighted by atomic mass is 32.2. The van der Waals surface area contributed by atoms with Gasteiger partial charge in [-0.2, -0.15) is 11.8 Å². The van der Waals surface area contributed by atoms with E-state index in [0.29, 0.717) is 43.9 Å². The second-order valence-electron chi connectivity index (χ2n) is 33.8. The van der Waals surface area contributed by atoms with Gasteiger partial charge in [0.05, 0.1) is 70.6 Å². The lowest BCUT2D eigenvalue weighted by Crippen LogP contribution is -2.61. The van der Waals surface area contributed by atoms with E-state index in [-0.39, 0.29) is 145 Å². The molecule has 0 bridgehead atoms. The molecule has 0 spiro atoms. The van der Waals surface area contributed by atoms with Crippen molar-refractivity contribution in [2.75, 3.05) is 84.8 Å². The van der Waals surface area contributed by atoms with Gasteiger partial charge >= 0.3 is 13.9 Å². The molecule has 15 atom stereocenters. The molecule has 2 aromatic rings. The summed E-state index contributed by atoms with van der Waals surface area (Å²) in [5.74, 6) is -17.3. The number of ether oxygens (including phenoxy) is 4. The zero-order valence-electron chi connectivity index (χ0n) is 78.3. The van der Waals surface area contributed by atoms with Crippen LogP contribution in [0, 0.1) is 11.8 Å². The summed E-state index contributed by atoms with van der Waals surface area (Å²) in [7, 11) is -5.08. The Hall–Kier alpha value is -12.0. The van der Waals surface area contributed by atoms with E-state index in [4.69, 9.17) is 59.1 Å². The number of phenolic OH excluding ortho intramolecular Hbond substituents is 1. The second kappa shape index (κ2) is 63.5. The molecule has 52 heteroatoms. The summed E-state index contributed by atoms with van der Waals surface area (Å²) in [4.78, 5) is 272. The maximum absolute atomic E-state index is 14.8. The van der Waals surface area contributed by atoms with Crippen LogP contribution in [0.4, 0.5) is 4.79 Å². The summed E-state index contributed by atoms with van der Waals surface area (Å²) in [6.45, 7) is 8.15. The normalized spacial score (nSPS) is 16.4. The van der Waals surface area contributed by atoms with Crippen LogP contribution in [-0.4, -0.2) is 296 Å². The molecular weight excluding hydrogens is 1850 g/mol.